The van der Waals surface area contributed by atoms with Gasteiger partial charge in [-0.05, 0) is 110 Å². The molecular weight excluding hydrogens is 425 g/mol. The number of aliphatic hydroxyl groups excluding tert-OH is 1. The molecule has 0 bridgehead atoms. The van der Waals surface area contributed by atoms with Gasteiger partial charge >= 0.3 is 6.18 Å². The second-order valence-corrected chi connectivity index (χ2v) is 12.2. The van der Waals surface area contributed by atoms with E-state index in [0.29, 0.717) is 36.0 Å². The van der Waals surface area contributed by atoms with Gasteiger partial charge in [0.1, 0.15) is 0 Å². The van der Waals surface area contributed by atoms with Crippen LogP contribution in [0, 0.1) is 46.8 Å². The van der Waals surface area contributed by atoms with Crippen molar-refractivity contribution in [2.24, 2.45) is 46.8 Å². The highest BCUT2D eigenvalue weighted by Gasteiger charge is 2.62. The first kappa shape index (κ1) is 23.7. The number of fused-ring (bicyclic) bond motifs is 5. The minimum Gasteiger partial charge on any atom is -0.388 e. The Morgan fingerprint density at radius 3 is 2.30 bits per heavy atom. The van der Waals surface area contributed by atoms with Crippen LogP contribution in [-0.2, 0) is 0 Å². The number of alkyl halides is 3. The fraction of sp³-hybridized carbons (Fsp3) is 0.786. The lowest BCUT2D eigenvalue weighted by molar-refractivity contribution is -0.282. The molecule has 5 rings (SSSR count). The summed E-state index contributed by atoms with van der Waals surface area (Å²) in [5.74, 6) is 2.70. The Morgan fingerprint density at radius 1 is 0.909 bits per heavy atom. The summed E-state index contributed by atoms with van der Waals surface area (Å²) in [6.45, 7) is 4.65. The summed E-state index contributed by atoms with van der Waals surface area (Å²) in [5, 5.41) is 21.5. The Balaban J connectivity index is 1.31. The van der Waals surface area contributed by atoms with Crippen LogP contribution >= 0.6 is 0 Å². The molecule has 0 amide bonds. The van der Waals surface area contributed by atoms with Crippen molar-refractivity contribution in [1.82, 2.24) is 0 Å². The zero-order valence-electron chi connectivity index (χ0n) is 19.9. The molecule has 0 aliphatic heterocycles. The molecule has 10 atom stereocenters. The van der Waals surface area contributed by atoms with E-state index in [0.717, 1.165) is 37.7 Å². The SMILES string of the molecule is C[C@H]([C@H](O)c1ccccc1)[C@H]1CC[C@H]2[C@@H]3CC[C@@H]4C[C@@](O)(C(F)(F)F)CC[C@@H]4[C@H]3CC[C@]12C. The normalized spacial score (nSPS) is 44.9. The number of benzene rings is 1. The first-order chi connectivity index (χ1) is 15.6. The van der Waals surface area contributed by atoms with E-state index in [-0.39, 0.29) is 30.1 Å². The molecule has 4 saturated carbocycles. The second-order valence-electron chi connectivity index (χ2n) is 12.2. The molecule has 2 N–H and O–H groups in total. The van der Waals surface area contributed by atoms with Crippen molar-refractivity contribution in [2.75, 3.05) is 0 Å². The van der Waals surface area contributed by atoms with Gasteiger partial charge in [0.25, 0.3) is 0 Å². The third-order valence-corrected chi connectivity index (χ3v) is 10.9. The standard InChI is InChI=1S/C28H39F3O2/c1-17(25(32)18-6-4-3-5-7-18)23-10-11-24-22-9-8-19-16-27(33,28(29,30)31)15-13-20(19)21(22)12-14-26(23,24)2/h3-7,17,19-25,32-33H,8-16H2,1-2H3/t17-,19+,20-,21+,22+,23+,24-,25-,26+,27+/m0/s1. The lowest BCUT2D eigenvalue weighted by Crippen LogP contribution is -2.55. The molecule has 5 heteroatoms. The van der Waals surface area contributed by atoms with Crippen LogP contribution in [0.2, 0.25) is 0 Å². The first-order valence-electron chi connectivity index (χ1n) is 13.1. The molecular formula is C28H39F3O2. The Hall–Kier alpha value is -1.07. The topological polar surface area (TPSA) is 40.5 Å². The molecule has 0 saturated heterocycles. The number of hydrogen-bond donors (Lipinski definition) is 2. The van der Waals surface area contributed by atoms with Crippen molar-refractivity contribution in [3.05, 3.63) is 35.9 Å². The number of aliphatic hydroxyl groups is 2. The zero-order chi connectivity index (χ0) is 23.6. The van der Waals surface area contributed by atoms with E-state index < -0.39 is 17.9 Å². The Bertz CT molecular complexity index is 841. The number of hydrogen-bond acceptors (Lipinski definition) is 2. The Labute approximate surface area is 196 Å². The summed E-state index contributed by atoms with van der Waals surface area (Å²) in [6, 6.07) is 9.97. The summed E-state index contributed by atoms with van der Waals surface area (Å²) in [5.41, 5.74) is -1.29. The van der Waals surface area contributed by atoms with Gasteiger partial charge in [-0.2, -0.15) is 13.2 Å². The van der Waals surface area contributed by atoms with E-state index in [4.69, 9.17) is 0 Å². The van der Waals surface area contributed by atoms with E-state index in [9.17, 15) is 23.4 Å². The molecule has 184 valence electrons. The van der Waals surface area contributed by atoms with Crippen molar-refractivity contribution < 1.29 is 23.4 Å². The van der Waals surface area contributed by atoms with Crippen LogP contribution < -0.4 is 0 Å². The van der Waals surface area contributed by atoms with Crippen LogP contribution in [0.5, 0.6) is 0 Å². The molecule has 0 heterocycles. The molecule has 4 aliphatic rings. The van der Waals surface area contributed by atoms with E-state index >= 15 is 0 Å². The van der Waals surface area contributed by atoms with Gasteiger partial charge in [0.05, 0.1) is 6.10 Å². The van der Waals surface area contributed by atoms with Crippen LogP contribution in [0.3, 0.4) is 0 Å². The third-order valence-electron chi connectivity index (χ3n) is 10.9. The van der Waals surface area contributed by atoms with Crippen LogP contribution in [0.15, 0.2) is 30.3 Å². The minimum absolute atomic E-state index is 0.00649. The highest BCUT2D eigenvalue weighted by molar-refractivity contribution is 5.19. The fourth-order valence-electron chi connectivity index (χ4n) is 9.21. The summed E-state index contributed by atoms with van der Waals surface area (Å²) in [6.07, 6.45) is 1.64. The second kappa shape index (κ2) is 8.26. The summed E-state index contributed by atoms with van der Waals surface area (Å²) < 4.78 is 40.4. The number of rotatable bonds is 3. The van der Waals surface area contributed by atoms with Gasteiger partial charge in [-0.3, -0.25) is 0 Å². The van der Waals surface area contributed by atoms with Crippen LogP contribution in [-0.4, -0.2) is 22.0 Å². The van der Waals surface area contributed by atoms with Gasteiger partial charge in [0.15, 0.2) is 5.60 Å². The average molecular weight is 465 g/mol. The smallest absolute Gasteiger partial charge is 0.388 e. The van der Waals surface area contributed by atoms with Crippen LogP contribution in [0.4, 0.5) is 13.2 Å². The molecule has 0 spiro atoms. The number of halogens is 3. The monoisotopic (exact) mass is 464 g/mol. The first-order valence-corrected chi connectivity index (χ1v) is 13.1. The van der Waals surface area contributed by atoms with Crippen LogP contribution in [0.1, 0.15) is 83.3 Å². The highest BCUT2D eigenvalue weighted by Crippen LogP contribution is 2.66. The molecule has 1 aromatic rings. The Morgan fingerprint density at radius 2 is 1.61 bits per heavy atom. The van der Waals surface area contributed by atoms with Crippen molar-refractivity contribution in [2.45, 2.75) is 89.5 Å². The highest BCUT2D eigenvalue weighted by atomic mass is 19.4. The molecule has 4 aliphatic carbocycles. The lowest BCUT2D eigenvalue weighted by atomic mass is 9.48. The molecule has 4 fully saturated rings. The van der Waals surface area contributed by atoms with Crippen molar-refractivity contribution >= 4 is 0 Å². The maximum absolute atomic E-state index is 13.5. The molecule has 1 aromatic carbocycles. The lowest BCUT2D eigenvalue weighted by Gasteiger charge is -2.57. The van der Waals surface area contributed by atoms with Crippen molar-refractivity contribution in [1.29, 1.82) is 0 Å². The Kier molecular flexibility index (Phi) is 5.92. The maximum atomic E-state index is 13.5. The van der Waals surface area contributed by atoms with Crippen molar-refractivity contribution in [3.63, 3.8) is 0 Å². The van der Waals surface area contributed by atoms with Crippen LogP contribution in [0.25, 0.3) is 0 Å². The van der Waals surface area contributed by atoms with E-state index in [2.05, 4.69) is 13.8 Å². The molecule has 0 aromatic heterocycles. The van der Waals surface area contributed by atoms with Gasteiger partial charge in [-0.1, -0.05) is 44.2 Å². The van der Waals surface area contributed by atoms with Gasteiger partial charge < -0.3 is 10.2 Å². The molecule has 0 unspecified atom stereocenters. The molecule has 33 heavy (non-hydrogen) atoms. The van der Waals surface area contributed by atoms with E-state index in [1.165, 1.54) is 6.42 Å². The third kappa shape index (κ3) is 3.76. The summed E-state index contributed by atoms with van der Waals surface area (Å²) >= 11 is 0. The zero-order valence-corrected chi connectivity index (χ0v) is 19.9. The minimum atomic E-state index is -4.52. The van der Waals surface area contributed by atoms with Gasteiger partial charge in [0, 0.05) is 0 Å². The largest absolute Gasteiger partial charge is 0.417 e. The maximum Gasteiger partial charge on any atom is 0.417 e. The predicted octanol–water partition coefficient (Wildman–Crippen LogP) is 6.92. The fourth-order valence-corrected chi connectivity index (χ4v) is 9.21. The molecule has 0 radical (unpaired) electrons. The van der Waals surface area contributed by atoms with E-state index in [1.54, 1.807) is 0 Å². The van der Waals surface area contributed by atoms with Gasteiger partial charge in [0.2, 0.25) is 0 Å². The van der Waals surface area contributed by atoms with E-state index in [1.807, 2.05) is 30.3 Å². The predicted molar refractivity (Wildman–Crippen MR) is 122 cm³/mol. The summed E-state index contributed by atoms with van der Waals surface area (Å²) in [4.78, 5) is 0. The van der Waals surface area contributed by atoms with Gasteiger partial charge in [-0.25, -0.2) is 0 Å². The quantitative estimate of drug-likeness (QED) is 0.510. The molecule has 2 nitrogen and oxygen atoms in total. The average Bonchev–Trinajstić information content (AvgIpc) is 3.14. The van der Waals surface area contributed by atoms with Crippen molar-refractivity contribution in [3.8, 4) is 0 Å². The van der Waals surface area contributed by atoms with Gasteiger partial charge in [-0.15, -0.1) is 0 Å². The summed E-state index contributed by atoms with van der Waals surface area (Å²) in [7, 11) is 0.